The Bertz CT molecular complexity index is 943. The molecule has 6 rings (SSSR count). The van der Waals surface area contributed by atoms with Crippen LogP contribution in [0.5, 0.6) is 5.75 Å². The third-order valence-corrected chi connectivity index (χ3v) is 7.89. The number of aliphatic hydroxyl groups is 1. The summed E-state index contributed by atoms with van der Waals surface area (Å²) in [6.07, 6.45) is 7.30. The number of methoxy groups -OCH3 is 1. The summed E-state index contributed by atoms with van der Waals surface area (Å²) >= 11 is 0. The van der Waals surface area contributed by atoms with Gasteiger partial charge in [0.2, 0.25) is 0 Å². The molecule has 3 aliphatic carbocycles. The largest absolute Gasteiger partial charge is 0.497 e. The Labute approximate surface area is 194 Å². The van der Waals surface area contributed by atoms with Crippen LogP contribution < -0.4 is 4.74 Å². The first-order valence-electron chi connectivity index (χ1n) is 12.0. The lowest BCUT2D eigenvalue weighted by molar-refractivity contribution is -0.153. The summed E-state index contributed by atoms with van der Waals surface area (Å²) in [5.74, 6) is 1.05. The zero-order chi connectivity index (χ0) is 23.1. The molecule has 8 atom stereocenters. The molecule has 2 heterocycles. The Morgan fingerprint density at radius 1 is 1.06 bits per heavy atom. The van der Waals surface area contributed by atoms with Crippen molar-refractivity contribution in [2.75, 3.05) is 7.11 Å². The molecule has 1 aromatic rings. The highest BCUT2D eigenvalue weighted by Gasteiger charge is 2.48. The lowest BCUT2D eigenvalue weighted by Gasteiger charge is -2.39. The van der Waals surface area contributed by atoms with Crippen molar-refractivity contribution in [1.82, 2.24) is 0 Å². The standard InChI is InChI=1S/C27H32O6/c1-15-9-23-21(26(15)32-14-16-3-6-19(31-2)7-4-16)8-5-17-10-18(28)11-20-12-25(29)24(13-22(17)23)27(30)33-20/h3-8,13,15,17-18,20-23,26,28H,9-12,14H2,1-2H3/b24-13+/t15-,17-,18-,20-,21+,22+,23+,26+/m1/s1. The maximum Gasteiger partial charge on any atom is 0.341 e. The molecular formula is C27H32O6. The van der Waals surface area contributed by atoms with Crippen LogP contribution in [0, 0.1) is 29.6 Å². The number of rotatable bonds is 4. The number of aliphatic hydroxyl groups excluding tert-OH is 1. The van der Waals surface area contributed by atoms with Gasteiger partial charge < -0.3 is 19.3 Å². The molecule has 33 heavy (non-hydrogen) atoms. The summed E-state index contributed by atoms with van der Waals surface area (Å²) in [7, 11) is 1.65. The fourth-order valence-electron chi connectivity index (χ4n) is 6.28. The van der Waals surface area contributed by atoms with E-state index in [4.69, 9.17) is 14.2 Å². The molecule has 1 N–H and O–H groups in total. The van der Waals surface area contributed by atoms with E-state index in [9.17, 15) is 14.7 Å². The van der Waals surface area contributed by atoms with Crippen LogP contribution in [-0.4, -0.2) is 42.3 Å². The van der Waals surface area contributed by atoms with E-state index in [2.05, 4.69) is 19.1 Å². The molecule has 176 valence electrons. The van der Waals surface area contributed by atoms with E-state index in [1.54, 1.807) is 7.11 Å². The van der Waals surface area contributed by atoms with Gasteiger partial charge in [-0.05, 0) is 54.2 Å². The number of hydrogen-bond donors (Lipinski definition) is 1. The SMILES string of the molecule is COc1ccc(CO[C@@H]2[C@H]3C=C[C@@H]4C[C@@H](O)C[C@@H]5CC(=O)/C(=C\[C@@H]4[C@H]3C[C@H]2C)C(=O)O5)cc1. The van der Waals surface area contributed by atoms with E-state index in [0.29, 0.717) is 25.4 Å². The molecule has 2 fully saturated rings. The summed E-state index contributed by atoms with van der Waals surface area (Å²) in [5.41, 5.74) is 1.29. The van der Waals surface area contributed by atoms with Crippen LogP contribution in [0.2, 0.25) is 0 Å². The van der Waals surface area contributed by atoms with Crippen LogP contribution in [0.15, 0.2) is 48.1 Å². The Kier molecular flexibility index (Phi) is 6.14. The van der Waals surface area contributed by atoms with Crippen LogP contribution in [0.3, 0.4) is 0 Å². The number of hydrogen-bond acceptors (Lipinski definition) is 6. The smallest absolute Gasteiger partial charge is 0.341 e. The number of allylic oxidation sites excluding steroid dienone is 2. The number of carbonyl (C=O) groups excluding carboxylic acids is 2. The first-order chi connectivity index (χ1) is 15.9. The number of carbonyl (C=O) groups is 2. The number of Topliss-reactive ketones (excluding diaryl/α,β-unsaturated/α-hetero) is 1. The average Bonchev–Trinajstić information content (AvgIpc) is 3.11. The average molecular weight is 453 g/mol. The van der Waals surface area contributed by atoms with Gasteiger partial charge >= 0.3 is 5.97 Å². The highest BCUT2D eigenvalue weighted by atomic mass is 16.5. The molecule has 2 bridgehead atoms. The fourth-order valence-corrected chi connectivity index (χ4v) is 6.28. The predicted molar refractivity (Wildman–Crippen MR) is 121 cm³/mol. The minimum Gasteiger partial charge on any atom is -0.497 e. The van der Waals surface area contributed by atoms with Gasteiger partial charge in [-0.3, -0.25) is 4.79 Å². The van der Waals surface area contributed by atoms with Gasteiger partial charge in [0.1, 0.15) is 11.9 Å². The van der Waals surface area contributed by atoms with E-state index in [1.165, 1.54) is 0 Å². The molecule has 5 aliphatic rings. The van der Waals surface area contributed by atoms with E-state index in [-0.39, 0.29) is 47.6 Å². The minimum absolute atomic E-state index is 0.00726. The van der Waals surface area contributed by atoms with E-state index >= 15 is 0 Å². The van der Waals surface area contributed by atoms with Crippen molar-refractivity contribution in [3.8, 4) is 5.75 Å². The van der Waals surface area contributed by atoms with Gasteiger partial charge in [0, 0.05) is 18.8 Å². The maximum absolute atomic E-state index is 12.7. The Morgan fingerprint density at radius 2 is 1.85 bits per heavy atom. The second-order valence-electron chi connectivity index (χ2n) is 10.1. The number of benzene rings is 1. The molecule has 0 amide bonds. The number of ether oxygens (including phenoxy) is 3. The molecule has 0 radical (unpaired) electrons. The fraction of sp³-hybridized carbons (Fsp3) is 0.556. The number of ketones is 1. The van der Waals surface area contributed by atoms with Crippen molar-refractivity contribution in [2.24, 2.45) is 29.6 Å². The van der Waals surface area contributed by atoms with Crippen LogP contribution in [-0.2, 0) is 25.7 Å². The van der Waals surface area contributed by atoms with Gasteiger partial charge in [-0.15, -0.1) is 0 Å². The summed E-state index contributed by atoms with van der Waals surface area (Å²) < 4.78 is 17.1. The minimum atomic E-state index is -0.599. The zero-order valence-electron chi connectivity index (χ0n) is 19.2. The number of esters is 1. The number of fused-ring (bicyclic) bond motifs is 5. The second-order valence-corrected chi connectivity index (χ2v) is 10.1. The van der Waals surface area contributed by atoms with Crippen LogP contribution in [0.25, 0.3) is 0 Å². The lowest BCUT2D eigenvalue weighted by Crippen LogP contribution is -2.40. The second kappa shape index (κ2) is 9.07. The summed E-state index contributed by atoms with van der Waals surface area (Å²) in [4.78, 5) is 25.3. The summed E-state index contributed by atoms with van der Waals surface area (Å²) in [6, 6.07) is 7.91. The van der Waals surface area contributed by atoms with Crippen molar-refractivity contribution in [1.29, 1.82) is 0 Å². The normalized spacial score (nSPS) is 39.3. The van der Waals surface area contributed by atoms with Gasteiger partial charge in [0.15, 0.2) is 5.78 Å². The van der Waals surface area contributed by atoms with Gasteiger partial charge in [-0.25, -0.2) is 4.79 Å². The molecule has 1 saturated heterocycles. The topological polar surface area (TPSA) is 82.1 Å². The molecule has 0 spiro atoms. The quantitative estimate of drug-likeness (QED) is 0.427. The van der Waals surface area contributed by atoms with Crippen molar-refractivity contribution in [3.63, 3.8) is 0 Å². The molecular weight excluding hydrogens is 420 g/mol. The summed E-state index contributed by atoms with van der Waals surface area (Å²) in [6.45, 7) is 2.74. The summed E-state index contributed by atoms with van der Waals surface area (Å²) in [5, 5.41) is 10.7. The van der Waals surface area contributed by atoms with Crippen molar-refractivity contribution >= 4 is 11.8 Å². The molecule has 1 saturated carbocycles. The monoisotopic (exact) mass is 452 g/mol. The van der Waals surface area contributed by atoms with Crippen LogP contribution >= 0.6 is 0 Å². The third kappa shape index (κ3) is 4.38. The van der Waals surface area contributed by atoms with Gasteiger partial charge in [0.05, 0.1) is 31.5 Å². The lowest BCUT2D eigenvalue weighted by atomic mass is 9.68. The Morgan fingerprint density at radius 3 is 2.58 bits per heavy atom. The first kappa shape index (κ1) is 22.4. The Hall–Kier alpha value is -2.44. The highest BCUT2D eigenvalue weighted by molar-refractivity contribution is 6.18. The molecule has 0 aromatic heterocycles. The highest BCUT2D eigenvalue weighted by Crippen LogP contribution is 2.50. The maximum atomic E-state index is 12.7. The molecule has 0 unspecified atom stereocenters. The van der Waals surface area contributed by atoms with E-state index in [1.807, 2.05) is 30.3 Å². The zero-order valence-corrected chi connectivity index (χ0v) is 19.2. The molecule has 6 heteroatoms. The van der Waals surface area contributed by atoms with Crippen LogP contribution in [0.1, 0.15) is 38.2 Å². The molecule has 1 aromatic carbocycles. The van der Waals surface area contributed by atoms with Crippen molar-refractivity contribution < 1.29 is 28.9 Å². The van der Waals surface area contributed by atoms with E-state index in [0.717, 1.165) is 17.7 Å². The molecule has 6 nitrogen and oxygen atoms in total. The molecule has 2 aliphatic heterocycles. The predicted octanol–water partition coefficient (Wildman–Crippen LogP) is 3.62. The Balaban J connectivity index is 1.39. The van der Waals surface area contributed by atoms with Gasteiger partial charge in [-0.2, -0.15) is 0 Å². The van der Waals surface area contributed by atoms with Crippen molar-refractivity contribution in [2.45, 2.75) is 57.5 Å². The van der Waals surface area contributed by atoms with Crippen LogP contribution in [0.4, 0.5) is 0 Å². The first-order valence-corrected chi connectivity index (χ1v) is 12.0. The third-order valence-electron chi connectivity index (χ3n) is 7.89. The van der Waals surface area contributed by atoms with Crippen molar-refractivity contribution in [3.05, 3.63) is 53.6 Å². The van der Waals surface area contributed by atoms with Gasteiger partial charge in [-0.1, -0.05) is 37.3 Å². The van der Waals surface area contributed by atoms with Gasteiger partial charge in [0.25, 0.3) is 0 Å². The van der Waals surface area contributed by atoms with E-state index < -0.39 is 18.2 Å².